The van der Waals surface area contributed by atoms with Gasteiger partial charge in [0.1, 0.15) is 10.0 Å². The van der Waals surface area contributed by atoms with Crippen molar-refractivity contribution in [3.63, 3.8) is 0 Å². The molecule has 0 radical (unpaired) electrons. The number of carbonyl (C=O) groups is 1. The average Bonchev–Trinajstić information content (AvgIpc) is 2.85. The third-order valence-electron chi connectivity index (χ3n) is 2.28. The van der Waals surface area contributed by atoms with Gasteiger partial charge in [0, 0.05) is 19.7 Å². The minimum absolute atomic E-state index is 0.133. The molecule has 18 heavy (non-hydrogen) atoms. The lowest BCUT2D eigenvalue weighted by molar-refractivity contribution is 0.217. The molecule has 0 atom stereocenters. The van der Waals surface area contributed by atoms with Gasteiger partial charge in [0.25, 0.3) is 0 Å². The molecule has 1 N–H and O–H groups in total. The fraction of sp³-hybridized carbons (Fsp3) is 0.250. The van der Waals surface area contributed by atoms with Gasteiger partial charge in [-0.25, -0.2) is 4.79 Å². The zero-order valence-electron chi connectivity index (χ0n) is 10.3. The van der Waals surface area contributed by atoms with E-state index in [0.29, 0.717) is 6.54 Å². The molecule has 0 spiro atoms. The first-order valence-electron chi connectivity index (χ1n) is 5.50. The second kappa shape index (κ2) is 5.59. The van der Waals surface area contributed by atoms with Gasteiger partial charge in [-0.1, -0.05) is 41.7 Å². The SMILES string of the molecule is CN(C)C(=O)NCc1nnc(-c2ccccc2)s1. The van der Waals surface area contributed by atoms with Crippen LogP contribution in [0.15, 0.2) is 30.3 Å². The molecule has 1 aromatic carbocycles. The van der Waals surface area contributed by atoms with E-state index in [0.717, 1.165) is 15.6 Å². The Kier molecular flexibility index (Phi) is 3.88. The number of benzene rings is 1. The fourth-order valence-electron chi connectivity index (χ4n) is 1.33. The molecule has 2 aromatic rings. The summed E-state index contributed by atoms with van der Waals surface area (Å²) < 4.78 is 0. The van der Waals surface area contributed by atoms with Gasteiger partial charge in [-0.3, -0.25) is 0 Å². The number of carbonyl (C=O) groups excluding carboxylic acids is 1. The van der Waals surface area contributed by atoms with Gasteiger partial charge in [0.15, 0.2) is 0 Å². The number of nitrogens with one attached hydrogen (secondary N) is 1. The summed E-state index contributed by atoms with van der Waals surface area (Å²) in [6, 6.07) is 9.73. The van der Waals surface area contributed by atoms with E-state index in [-0.39, 0.29) is 6.03 Å². The second-order valence-electron chi connectivity index (χ2n) is 3.92. The molecule has 2 amide bonds. The Balaban J connectivity index is 2.01. The molecule has 0 saturated heterocycles. The lowest BCUT2D eigenvalue weighted by atomic mass is 10.2. The topological polar surface area (TPSA) is 58.1 Å². The van der Waals surface area contributed by atoms with Crippen LogP contribution in [0.4, 0.5) is 4.79 Å². The second-order valence-corrected chi connectivity index (χ2v) is 4.98. The number of urea groups is 1. The third kappa shape index (κ3) is 3.04. The predicted octanol–water partition coefficient (Wildman–Crippen LogP) is 1.98. The number of nitrogens with zero attached hydrogens (tertiary/aromatic N) is 3. The van der Waals surface area contributed by atoms with Crippen molar-refractivity contribution in [2.75, 3.05) is 14.1 Å². The highest BCUT2D eigenvalue weighted by Crippen LogP contribution is 2.22. The summed E-state index contributed by atoms with van der Waals surface area (Å²) in [7, 11) is 3.40. The largest absolute Gasteiger partial charge is 0.331 e. The smallest absolute Gasteiger partial charge is 0.317 e. The lowest BCUT2D eigenvalue weighted by Crippen LogP contribution is -2.33. The lowest BCUT2D eigenvalue weighted by Gasteiger charge is -2.10. The van der Waals surface area contributed by atoms with E-state index in [1.807, 2.05) is 30.3 Å². The quantitative estimate of drug-likeness (QED) is 0.920. The average molecular weight is 262 g/mol. The monoisotopic (exact) mass is 262 g/mol. The van der Waals surface area contributed by atoms with Crippen LogP contribution in [0.5, 0.6) is 0 Å². The molecule has 0 bridgehead atoms. The Labute approximate surface area is 109 Å². The van der Waals surface area contributed by atoms with Gasteiger partial charge in [-0.2, -0.15) is 0 Å². The van der Waals surface area contributed by atoms with Gasteiger partial charge in [0.2, 0.25) is 0 Å². The standard InChI is InChI=1S/C12H14N4OS/c1-16(2)12(17)13-8-10-14-15-11(18-10)9-6-4-3-5-7-9/h3-7H,8H2,1-2H3,(H,13,17). The molecule has 0 unspecified atom stereocenters. The van der Waals surface area contributed by atoms with Crippen LogP contribution in [0.3, 0.4) is 0 Å². The Bertz CT molecular complexity index is 524. The van der Waals surface area contributed by atoms with Crippen molar-refractivity contribution in [1.29, 1.82) is 0 Å². The van der Waals surface area contributed by atoms with Crippen molar-refractivity contribution >= 4 is 17.4 Å². The molecule has 0 aliphatic rings. The highest BCUT2D eigenvalue weighted by molar-refractivity contribution is 7.14. The van der Waals surface area contributed by atoms with Gasteiger partial charge in [-0.15, -0.1) is 10.2 Å². The first kappa shape index (κ1) is 12.5. The molecule has 0 fully saturated rings. The Morgan fingerprint density at radius 2 is 2.00 bits per heavy atom. The molecular weight excluding hydrogens is 248 g/mol. The molecule has 6 heteroatoms. The van der Waals surface area contributed by atoms with Gasteiger partial charge in [0.05, 0.1) is 6.54 Å². The molecule has 0 saturated carbocycles. The first-order chi connectivity index (χ1) is 8.66. The van der Waals surface area contributed by atoms with Crippen molar-refractivity contribution in [2.24, 2.45) is 0 Å². The predicted molar refractivity (Wildman–Crippen MR) is 71.3 cm³/mol. The molecular formula is C12H14N4OS. The van der Waals surface area contributed by atoms with E-state index in [4.69, 9.17) is 0 Å². The van der Waals surface area contributed by atoms with E-state index >= 15 is 0 Å². The van der Waals surface area contributed by atoms with Crippen molar-refractivity contribution in [2.45, 2.75) is 6.54 Å². The van der Waals surface area contributed by atoms with E-state index in [1.54, 1.807) is 14.1 Å². The normalized spacial score (nSPS) is 10.1. The maximum atomic E-state index is 11.4. The van der Waals surface area contributed by atoms with E-state index < -0.39 is 0 Å². The van der Waals surface area contributed by atoms with Crippen LogP contribution in [-0.2, 0) is 6.54 Å². The van der Waals surface area contributed by atoms with Crippen LogP contribution in [0.25, 0.3) is 10.6 Å². The zero-order valence-corrected chi connectivity index (χ0v) is 11.1. The molecule has 94 valence electrons. The van der Waals surface area contributed by atoms with Crippen molar-refractivity contribution in [3.8, 4) is 10.6 Å². The van der Waals surface area contributed by atoms with Gasteiger partial charge in [-0.05, 0) is 0 Å². The van der Waals surface area contributed by atoms with E-state index in [1.165, 1.54) is 16.2 Å². The summed E-state index contributed by atoms with van der Waals surface area (Å²) in [6.45, 7) is 0.404. The minimum Gasteiger partial charge on any atom is -0.331 e. The molecule has 0 aliphatic carbocycles. The fourth-order valence-corrected chi connectivity index (χ4v) is 2.12. The Morgan fingerprint density at radius 3 is 2.67 bits per heavy atom. The summed E-state index contributed by atoms with van der Waals surface area (Å²) in [6.07, 6.45) is 0. The Hall–Kier alpha value is -1.95. The summed E-state index contributed by atoms with van der Waals surface area (Å²) in [5.74, 6) is 0. The van der Waals surface area contributed by atoms with Crippen LogP contribution in [0.1, 0.15) is 5.01 Å². The highest BCUT2D eigenvalue weighted by Gasteiger charge is 2.08. The summed E-state index contributed by atoms with van der Waals surface area (Å²) >= 11 is 1.48. The molecule has 2 rings (SSSR count). The third-order valence-corrected chi connectivity index (χ3v) is 3.26. The van der Waals surface area contributed by atoms with Crippen LogP contribution in [0.2, 0.25) is 0 Å². The summed E-state index contributed by atoms with van der Waals surface area (Å²) in [5.41, 5.74) is 1.04. The van der Waals surface area contributed by atoms with Crippen LogP contribution >= 0.6 is 11.3 Å². The Morgan fingerprint density at radius 1 is 1.28 bits per heavy atom. The maximum absolute atomic E-state index is 11.4. The van der Waals surface area contributed by atoms with Crippen LogP contribution in [-0.4, -0.2) is 35.2 Å². The number of hydrogen-bond acceptors (Lipinski definition) is 4. The highest BCUT2D eigenvalue weighted by atomic mass is 32.1. The summed E-state index contributed by atoms with van der Waals surface area (Å²) in [5, 5.41) is 12.6. The number of hydrogen-bond donors (Lipinski definition) is 1. The molecule has 5 nitrogen and oxygen atoms in total. The maximum Gasteiger partial charge on any atom is 0.317 e. The summed E-state index contributed by atoms with van der Waals surface area (Å²) in [4.78, 5) is 12.8. The van der Waals surface area contributed by atoms with Crippen LogP contribution < -0.4 is 5.32 Å². The van der Waals surface area contributed by atoms with Crippen LogP contribution in [0, 0.1) is 0 Å². The van der Waals surface area contributed by atoms with E-state index in [9.17, 15) is 4.79 Å². The van der Waals surface area contributed by atoms with Crippen molar-refractivity contribution in [1.82, 2.24) is 20.4 Å². The van der Waals surface area contributed by atoms with Crippen molar-refractivity contribution in [3.05, 3.63) is 35.3 Å². The molecule has 1 aromatic heterocycles. The van der Waals surface area contributed by atoms with Gasteiger partial charge < -0.3 is 10.2 Å². The number of amides is 2. The van der Waals surface area contributed by atoms with E-state index in [2.05, 4.69) is 15.5 Å². The molecule has 1 heterocycles. The zero-order chi connectivity index (χ0) is 13.0. The first-order valence-corrected chi connectivity index (χ1v) is 6.31. The number of rotatable bonds is 3. The minimum atomic E-state index is -0.133. The molecule has 0 aliphatic heterocycles. The number of aromatic nitrogens is 2. The van der Waals surface area contributed by atoms with Gasteiger partial charge >= 0.3 is 6.03 Å². The van der Waals surface area contributed by atoms with Crippen molar-refractivity contribution < 1.29 is 4.79 Å².